The first-order valence-corrected chi connectivity index (χ1v) is 5.64. The molecule has 0 bridgehead atoms. The average molecular weight is 221 g/mol. The molecule has 0 aromatic heterocycles. The maximum Gasteiger partial charge on any atom is 0.131 e. The Morgan fingerprint density at radius 3 is 2.62 bits per heavy atom. The van der Waals surface area contributed by atoms with Gasteiger partial charge >= 0.3 is 0 Å². The van der Waals surface area contributed by atoms with Crippen molar-refractivity contribution in [1.82, 2.24) is 5.32 Å². The van der Waals surface area contributed by atoms with Crippen LogP contribution in [0.2, 0.25) is 0 Å². The summed E-state index contributed by atoms with van der Waals surface area (Å²) in [7, 11) is 1.92. The van der Waals surface area contributed by atoms with Crippen LogP contribution < -0.4 is 5.32 Å². The van der Waals surface area contributed by atoms with Crippen LogP contribution >= 0.6 is 0 Å². The number of rotatable bonds is 4. The molecule has 0 atom stereocenters. The number of aryl methyl sites for hydroxylation is 2. The molecule has 0 aliphatic heterocycles. The van der Waals surface area contributed by atoms with Crippen LogP contribution in [-0.2, 0) is 0 Å². The number of hydrogen-bond acceptors (Lipinski definition) is 1. The highest BCUT2D eigenvalue weighted by atomic mass is 19.1. The monoisotopic (exact) mass is 221 g/mol. The lowest BCUT2D eigenvalue weighted by atomic mass is 9.98. The fraction of sp³-hybridized carbons (Fsp3) is 0.429. The fourth-order valence-electron chi connectivity index (χ4n) is 1.95. The first kappa shape index (κ1) is 12.9. The van der Waals surface area contributed by atoms with Gasteiger partial charge in [0.15, 0.2) is 0 Å². The molecular formula is C14H20FN. The molecule has 0 unspecified atom stereocenters. The molecule has 0 amide bonds. The lowest BCUT2D eigenvalue weighted by molar-refractivity contribution is 0.621. The van der Waals surface area contributed by atoms with Gasteiger partial charge in [-0.15, -0.1) is 0 Å². The van der Waals surface area contributed by atoms with Crippen molar-refractivity contribution in [2.75, 3.05) is 13.6 Å². The van der Waals surface area contributed by atoms with Gasteiger partial charge in [-0.25, -0.2) is 4.39 Å². The summed E-state index contributed by atoms with van der Waals surface area (Å²) in [6, 6.07) is 3.62. The van der Waals surface area contributed by atoms with Gasteiger partial charge in [0.1, 0.15) is 5.82 Å². The van der Waals surface area contributed by atoms with Crippen molar-refractivity contribution in [2.24, 2.45) is 0 Å². The zero-order valence-electron chi connectivity index (χ0n) is 10.5. The van der Waals surface area contributed by atoms with Crippen molar-refractivity contribution in [2.45, 2.75) is 27.2 Å². The molecule has 1 rings (SSSR count). The first-order valence-electron chi connectivity index (χ1n) is 5.64. The van der Waals surface area contributed by atoms with Gasteiger partial charge in [-0.1, -0.05) is 12.1 Å². The highest BCUT2D eigenvalue weighted by Gasteiger charge is 2.08. The second-order valence-electron chi connectivity index (χ2n) is 4.22. The predicted molar refractivity (Wildman–Crippen MR) is 68.1 cm³/mol. The molecule has 0 heterocycles. The van der Waals surface area contributed by atoms with Gasteiger partial charge in [0.05, 0.1) is 0 Å². The highest BCUT2D eigenvalue weighted by molar-refractivity contribution is 5.67. The second kappa shape index (κ2) is 5.80. The Labute approximate surface area is 97.4 Å². The molecule has 88 valence electrons. The topological polar surface area (TPSA) is 12.0 Å². The molecular weight excluding hydrogens is 201 g/mol. The number of halogens is 1. The summed E-state index contributed by atoms with van der Waals surface area (Å²) in [5.74, 6) is -0.115. The molecule has 1 N–H and O–H groups in total. The van der Waals surface area contributed by atoms with E-state index < -0.39 is 0 Å². The van der Waals surface area contributed by atoms with Crippen LogP contribution in [0.5, 0.6) is 0 Å². The Balaban J connectivity index is 2.99. The SMILES string of the molecule is CNCC/C=C(/C)c1c(C)cc(C)cc1F. The van der Waals surface area contributed by atoms with Crippen molar-refractivity contribution < 1.29 is 4.39 Å². The molecule has 0 aliphatic rings. The summed E-state index contributed by atoms with van der Waals surface area (Å²) in [5.41, 5.74) is 3.75. The summed E-state index contributed by atoms with van der Waals surface area (Å²) in [6.07, 6.45) is 3.01. The van der Waals surface area contributed by atoms with Crippen LogP contribution in [0.3, 0.4) is 0 Å². The molecule has 0 radical (unpaired) electrons. The highest BCUT2D eigenvalue weighted by Crippen LogP contribution is 2.23. The Morgan fingerprint density at radius 2 is 2.06 bits per heavy atom. The van der Waals surface area contributed by atoms with Gasteiger partial charge < -0.3 is 5.32 Å². The van der Waals surface area contributed by atoms with Crippen molar-refractivity contribution in [3.05, 3.63) is 40.7 Å². The van der Waals surface area contributed by atoms with Crippen LogP contribution in [0.15, 0.2) is 18.2 Å². The number of benzene rings is 1. The molecule has 16 heavy (non-hydrogen) atoms. The lowest BCUT2D eigenvalue weighted by Crippen LogP contribution is -2.06. The summed E-state index contributed by atoms with van der Waals surface area (Å²) in [5, 5.41) is 3.07. The molecule has 0 aliphatic carbocycles. The lowest BCUT2D eigenvalue weighted by Gasteiger charge is -2.09. The number of nitrogens with one attached hydrogen (secondary N) is 1. The largest absolute Gasteiger partial charge is 0.319 e. The van der Waals surface area contributed by atoms with Gasteiger partial charge in [0, 0.05) is 5.56 Å². The zero-order chi connectivity index (χ0) is 12.1. The smallest absolute Gasteiger partial charge is 0.131 e. The Bertz CT molecular complexity index is 371. The van der Waals surface area contributed by atoms with Gasteiger partial charge in [-0.3, -0.25) is 0 Å². The predicted octanol–water partition coefficient (Wildman–Crippen LogP) is 3.46. The van der Waals surface area contributed by atoms with Crippen molar-refractivity contribution in [3.63, 3.8) is 0 Å². The van der Waals surface area contributed by atoms with E-state index in [1.165, 1.54) is 0 Å². The summed E-state index contributed by atoms with van der Waals surface area (Å²) < 4.78 is 13.8. The van der Waals surface area contributed by atoms with Gasteiger partial charge in [-0.2, -0.15) is 0 Å². The quantitative estimate of drug-likeness (QED) is 0.768. The molecule has 0 saturated carbocycles. The van der Waals surface area contributed by atoms with E-state index in [1.54, 1.807) is 6.07 Å². The minimum Gasteiger partial charge on any atom is -0.319 e. The van der Waals surface area contributed by atoms with Crippen molar-refractivity contribution in [1.29, 1.82) is 0 Å². The minimum atomic E-state index is -0.115. The van der Waals surface area contributed by atoms with Crippen LogP contribution in [0, 0.1) is 19.7 Å². The van der Waals surface area contributed by atoms with Crippen molar-refractivity contribution in [3.8, 4) is 0 Å². The third-order valence-corrected chi connectivity index (χ3v) is 2.67. The van der Waals surface area contributed by atoms with Crippen molar-refractivity contribution >= 4 is 5.57 Å². The van der Waals surface area contributed by atoms with E-state index in [0.717, 1.165) is 35.2 Å². The third-order valence-electron chi connectivity index (χ3n) is 2.67. The number of allylic oxidation sites excluding steroid dienone is 1. The molecule has 1 aromatic rings. The molecule has 0 fully saturated rings. The van der Waals surface area contributed by atoms with Gasteiger partial charge in [0.25, 0.3) is 0 Å². The summed E-state index contributed by atoms with van der Waals surface area (Å²) in [6.45, 7) is 6.76. The maximum atomic E-state index is 13.8. The Morgan fingerprint density at radius 1 is 1.38 bits per heavy atom. The van der Waals surface area contributed by atoms with Gasteiger partial charge in [-0.05, 0) is 63.6 Å². The van der Waals surface area contributed by atoms with Gasteiger partial charge in [0.2, 0.25) is 0 Å². The average Bonchev–Trinajstić information content (AvgIpc) is 2.16. The summed E-state index contributed by atoms with van der Waals surface area (Å²) in [4.78, 5) is 0. The molecule has 1 aromatic carbocycles. The molecule has 2 heteroatoms. The van der Waals surface area contributed by atoms with E-state index in [-0.39, 0.29) is 5.82 Å². The van der Waals surface area contributed by atoms with Crippen LogP contribution in [0.25, 0.3) is 5.57 Å². The van der Waals surface area contributed by atoms with E-state index in [1.807, 2.05) is 33.9 Å². The second-order valence-corrected chi connectivity index (χ2v) is 4.22. The Hall–Kier alpha value is -1.15. The minimum absolute atomic E-state index is 0.115. The molecule has 0 spiro atoms. The van der Waals surface area contributed by atoms with Crippen LogP contribution in [0.4, 0.5) is 4.39 Å². The fourth-order valence-corrected chi connectivity index (χ4v) is 1.95. The van der Waals surface area contributed by atoms with E-state index in [2.05, 4.69) is 11.4 Å². The molecule has 0 saturated heterocycles. The van der Waals surface area contributed by atoms with E-state index in [9.17, 15) is 4.39 Å². The van der Waals surface area contributed by atoms with E-state index in [4.69, 9.17) is 0 Å². The standard InChI is InChI=1S/C14H20FN/c1-10-8-12(3)14(13(15)9-10)11(2)6-5-7-16-4/h6,8-9,16H,5,7H2,1-4H3/b11-6-. The Kier molecular flexibility index (Phi) is 4.69. The molecule has 1 nitrogen and oxygen atoms in total. The first-order chi connectivity index (χ1) is 7.56. The maximum absolute atomic E-state index is 13.8. The van der Waals surface area contributed by atoms with Crippen LogP contribution in [0.1, 0.15) is 30.0 Å². The van der Waals surface area contributed by atoms with Crippen LogP contribution in [-0.4, -0.2) is 13.6 Å². The third kappa shape index (κ3) is 3.17. The van der Waals surface area contributed by atoms with E-state index >= 15 is 0 Å². The number of hydrogen-bond donors (Lipinski definition) is 1. The normalized spacial score (nSPS) is 11.9. The zero-order valence-corrected chi connectivity index (χ0v) is 10.5. The van der Waals surface area contributed by atoms with E-state index in [0.29, 0.717) is 0 Å². The summed E-state index contributed by atoms with van der Waals surface area (Å²) >= 11 is 0.